The summed E-state index contributed by atoms with van der Waals surface area (Å²) in [6.07, 6.45) is 6.10. The smallest absolute Gasteiger partial charge is 0.229 e. The standard InChI is InChI=1S/C32H46N8O4/c1-3-4-5-11-34-31-30-26(35-32(33)36-31)10-12-39(30)23-25-7-6-24(21-27(25)43-2)22-38-15-13-37(14-16-38)17-19-44-20-18-40-28(41)8-9-29(40)42/h6-7,10,12,21H,3-5,8-9,11,13-20,22-23H2,1-2H3,(H3,33,34,35,36). The van der Waals surface area contributed by atoms with Gasteiger partial charge in [0.2, 0.25) is 17.8 Å². The highest BCUT2D eigenvalue weighted by molar-refractivity contribution is 6.01. The van der Waals surface area contributed by atoms with Crippen LogP contribution < -0.4 is 15.8 Å². The van der Waals surface area contributed by atoms with Gasteiger partial charge in [-0.15, -0.1) is 0 Å². The van der Waals surface area contributed by atoms with Crippen LogP contribution in [-0.2, 0) is 27.4 Å². The van der Waals surface area contributed by atoms with E-state index < -0.39 is 0 Å². The lowest BCUT2D eigenvalue weighted by atomic mass is 10.1. The third-order valence-electron chi connectivity index (χ3n) is 8.43. The van der Waals surface area contributed by atoms with Gasteiger partial charge in [-0.1, -0.05) is 31.9 Å². The second kappa shape index (κ2) is 15.3. The second-order valence-corrected chi connectivity index (χ2v) is 11.6. The van der Waals surface area contributed by atoms with Gasteiger partial charge in [-0.05, 0) is 24.1 Å². The first-order valence-corrected chi connectivity index (χ1v) is 15.8. The number of nitrogens with one attached hydrogen (secondary N) is 1. The summed E-state index contributed by atoms with van der Waals surface area (Å²) < 4.78 is 13.7. The van der Waals surface area contributed by atoms with Gasteiger partial charge in [0.1, 0.15) is 11.3 Å². The van der Waals surface area contributed by atoms with E-state index in [-0.39, 0.29) is 17.8 Å². The highest BCUT2D eigenvalue weighted by Crippen LogP contribution is 2.27. The van der Waals surface area contributed by atoms with Crippen LogP contribution in [0.15, 0.2) is 30.5 Å². The Morgan fingerprint density at radius 3 is 2.43 bits per heavy atom. The van der Waals surface area contributed by atoms with Crippen molar-refractivity contribution in [2.75, 3.05) is 77.2 Å². The minimum absolute atomic E-state index is 0.0859. The van der Waals surface area contributed by atoms with Crippen molar-refractivity contribution in [3.05, 3.63) is 41.6 Å². The lowest BCUT2D eigenvalue weighted by Crippen LogP contribution is -2.46. The minimum Gasteiger partial charge on any atom is -0.496 e. The van der Waals surface area contributed by atoms with Gasteiger partial charge < -0.3 is 25.1 Å². The van der Waals surface area contributed by atoms with Crippen LogP contribution in [0, 0.1) is 0 Å². The molecule has 44 heavy (non-hydrogen) atoms. The van der Waals surface area contributed by atoms with Crippen LogP contribution in [0.25, 0.3) is 11.0 Å². The topological polar surface area (TPSA) is 131 Å². The van der Waals surface area contributed by atoms with Crippen molar-refractivity contribution in [1.29, 1.82) is 0 Å². The van der Waals surface area contributed by atoms with E-state index in [4.69, 9.17) is 15.2 Å². The second-order valence-electron chi connectivity index (χ2n) is 11.6. The van der Waals surface area contributed by atoms with E-state index in [1.807, 2.05) is 12.3 Å². The molecule has 0 radical (unpaired) electrons. The number of imide groups is 1. The van der Waals surface area contributed by atoms with Gasteiger partial charge in [0.25, 0.3) is 0 Å². The van der Waals surface area contributed by atoms with Crippen molar-refractivity contribution in [3.8, 4) is 5.75 Å². The Bertz CT molecular complexity index is 1400. The number of fused-ring (bicyclic) bond motifs is 1. The summed E-state index contributed by atoms with van der Waals surface area (Å²) in [5.41, 5.74) is 10.1. The average Bonchev–Trinajstić information content (AvgIpc) is 3.58. The van der Waals surface area contributed by atoms with E-state index in [0.717, 1.165) is 86.8 Å². The van der Waals surface area contributed by atoms with Crippen molar-refractivity contribution in [1.82, 2.24) is 29.2 Å². The normalized spacial score (nSPS) is 16.4. The molecule has 2 aliphatic rings. The number of methoxy groups -OCH3 is 1. The number of hydrogen-bond acceptors (Lipinski definition) is 10. The number of anilines is 2. The maximum absolute atomic E-state index is 11.7. The molecule has 3 aromatic rings. The van der Waals surface area contributed by atoms with E-state index in [9.17, 15) is 9.59 Å². The Morgan fingerprint density at radius 1 is 0.932 bits per heavy atom. The third kappa shape index (κ3) is 8.04. The number of nitrogens with zero attached hydrogens (tertiary/aromatic N) is 6. The first-order chi connectivity index (χ1) is 21.4. The number of hydrogen-bond donors (Lipinski definition) is 2. The number of ether oxygens (including phenoxy) is 2. The molecule has 0 aliphatic carbocycles. The molecule has 238 valence electrons. The molecular weight excluding hydrogens is 560 g/mol. The molecule has 0 bridgehead atoms. The quantitative estimate of drug-likeness (QED) is 0.185. The van der Waals surface area contributed by atoms with E-state index in [1.54, 1.807) is 7.11 Å². The van der Waals surface area contributed by atoms with Crippen molar-refractivity contribution < 1.29 is 19.1 Å². The molecule has 2 aromatic heterocycles. The zero-order chi connectivity index (χ0) is 30.9. The first kappa shape index (κ1) is 31.7. The Kier molecular flexibility index (Phi) is 11.0. The zero-order valence-electron chi connectivity index (χ0n) is 26.1. The van der Waals surface area contributed by atoms with Gasteiger partial charge in [-0.3, -0.25) is 24.3 Å². The molecule has 1 aromatic carbocycles. The van der Waals surface area contributed by atoms with Gasteiger partial charge in [-0.2, -0.15) is 4.98 Å². The molecule has 4 heterocycles. The van der Waals surface area contributed by atoms with Crippen LogP contribution in [0.5, 0.6) is 5.75 Å². The summed E-state index contributed by atoms with van der Waals surface area (Å²) in [5.74, 6) is 1.74. The molecule has 2 amide bonds. The van der Waals surface area contributed by atoms with Gasteiger partial charge in [-0.25, -0.2) is 4.98 Å². The summed E-state index contributed by atoms with van der Waals surface area (Å²) in [5, 5.41) is 3.47. The number of nitrogens with two attached hydrogens (primary N) is 1. The Balaban J connectivity index is 1.11. The SMILES string of the molecule is CCCCCNc1nc(N)nc2ccn(Cc3ccc(CN4CCN(CCOCCN5C(=O)CCC5=O)CC4)cc3OC)c12. The van der Waals surface area contributed by atoms with Crippen molar-refractivity contribution in [2.45, 2.75) is 52.1 Å². The predicted molar refractivity (Wildman–Crippen MR) is 171 cm³/mol. The molecule has 12 nitrogen and oxygen atoms in total. The number of unbranched alkanes of at least 4 members (excludes halogenated alkanes) is 2. The summed E-state index contributed by atoms with van der Waals surface area (Å²) in [6.45, 7) is 10.6. The fraction of sp³-hybridized carbons (Fsp3) is 0.562. The van der Waals surface area contributed by atoms with E-state index in [2.05, 4.69) is 54.8 Å². The van der Waals surface area contributed by atoms with Gasteiger partial charge >= 0.3 is 0 Å². The van der Waals surface area contributed by atoms with Crippen LogP contribution in [0.4, 0.5) is 11.8 Å². The number of benzene rings is 1. The molecule has 0 spiro atoms. The Hall–Kier alpha value is -3.74. The number of aromatic nitrogens is 3. The van der Waals surface area contributed by atoms with Crippen LogP contribution in [-0.4, -0.2) is 107 Å². The highest BCUT2D eigenvalue weighted by Gasteiger charge is 2.28. The third-order valence-corrected chi connectivity index (χ3v) is 8.43. The van der Waals surface area contributed by atoms with Gasteiger partial charge in [0.15, 0.2) is 5.82 Å². The Morgan fingerprint density at radius 2 is 1.68 bits per heavy atom. The van der Waals surface area contributed by atoms with Crippen molar-refractivity contribution in [2.24, 2.45) is 0 Å². The fourth-order valence-corrected chi connectivity index (χ4v) is 5.92. The number of likely N-dealkylation sites (tertiary alicyclic amines) is 1. The molecular formula is C32H46N8O4. The molecule has 0 saturated carbocycles. The lowest BCUT2D eigenvalue weighted by molar-refractivity contribution is -0.139. The van der Waals surface area contributed by atoms with E-state index >= 15 is 0 Å². The van der Waals surface area contributed by atoms with Gasteiger partial charge in [0.05, 0.1) is 38.9 Å². The molecule has 2 fully saturated rings. The zero-order valence-corrected chi connectivity index (χ0v) is 26.1. The molecule has 2 aliphatic heterocycles. The molecule has 2 saturated heterocycles. The van der Waals surface area contributed by atoms with Crippen LogP contribution >= 0.6 is 0 Å². The van der Waals surface area contributed by atoms with Crippen molar-refractivity contribution >= 4 is 34.6 Å². The minimum atomic E-state index is -0.0859. The monoisotopic (exact) mass is 606 g/mol. The van der Waals surface area contributed by atoms with E-state index in [1.165, 1.54) is 16.9 Å². The molecule has 5 rings (SSSR count). The van der Waals surface area contributed by atoms with Crippen LogP contribution in [0.1, 0.15) is 50.2 Å². The maximum atomic E-state index is 11.7. The maximum Gasteiger partial charge on any atom is 0.229 e. The fourth-order valence-electron chi connectivity index (χ4n) is 5.92. The lowest BCUT2D eigenvalue weighted by Gasteiger charge is -2.34. The van der Waals surface area contributed by atoms with Gasteiger partial charge in [0, 0.05) is 70.4 Å². The average molecular weight is 607 g/mol. The summed E-state index contributed by atoms with van der Waals surface area (Å²) in [7, 11) is 1.72. The summed E-state index contributed by atoms with van der Waals surface area (Å²) in [4.78, 5) is 38.5. The molecule has 3 N–H and O–H groups in total. The number of piperazine rings is 1. The predicted octanol–water partition coefficient (Wildman–Crippen LogP) is 2.96. The molecule has 0 unspecified atom stereocenters. The number of carbonyl (C=O) groups is 2. The largest absolute Gasteiger partial charge is 0.496 e. The number of carbonyl (C=O) groups excluding carboxylic acids is 2. The Labute approximate surface area is 259 Å². The van der Waals surface area contributed by atoms with E-state index in [0.29, 0.717) is 39.1 Å². The molecule has 0 atom stereocenters. The first-order valence-electron chi connectivity index (χ1n) is 15.8. The highest BCUT2D eigenvalue weighted by atomic mass is 16.5. The number of amides is 2. The summed E-state index contributed by atoms with van der Waals surface area (Å²) in [6, 6.07) is 8.48. The number of rotatable bonds is 16. The van der Waals surface area contributed by atoms with Crippen molar-refractivity contribution in [3.63, 3.8) is 0 Å². The molecule has 12 heteroatoms. The number of nitrogen functional groups attached to an aromatic ring is 1. The van der Waals surface area contributed by atoms with Crippen LogP contribution in [0.2, 0.25) is 0 Å². The summed E-state index contributed by atoms with van der Waals surface area (Å²) >= 11 is 0. The van der Waals surface area contributed by atoms with Crippen LogP contribution in [0.3, 0.4) is 0 Å².